The summed E-state index contributed by atoms with van der Waals surface area (Å²) in [7, 11) is -2.18. The van der Waals surface area contributed by atoms with E-state index in [2.05, 4.69) is 4.90 Å². The quantitative estimate of drug-likeness (QED) is 0.586. The number of nitro benzene ring substituents is 1. The van der Waals surface area contributed by atoms with Crippen LogP contribution in [0.1, 0.15) is 19.3 Å². The highest BCUT2D eigenvalue weighted by Gasteiger charge is 2.23. The van der Waals surface area contributed by atoms with Gasteiger partial charge in [0.2, 0.25) is 10.0 Å². The van der Waals surface area contributed by atoms with Crippen molar-refractivity contribution < 1.29 is 13.3 Å². The SMILES string of the molecule is CN(CCN1CCCCC1)S(=O)(=O)c1cccc([N+](=O)[O-])c1. The molecular formula is C14H21N3O4S. The van der Waals surface area contributed by atoms with Crippen molar-refractivity contribution in [2.45, 2.75) is 24.2 Å². The minimum atomic E-state index is -3.69. The zero-order valence-corrected chi connectivity index (χ0v) is 13.5. The van der Waals surface area contributed by atoms with Crippen LogP contribution in [0.15, 0.2) is 29.2 Å². The Balaban J connectivity index is 2.05. The Hall–Kier alpha value is -1.51. The highest BCUT2D eigenvalue weighted by Crippen LogP contribution is 2.20. The molecule has 0 aromatic heterocycles. The number of likely N-dealkylation sites (N-methyl/N-ethyl adjacent to an activating group) is 1. The minimum Gasteiger partial charge on any atom is -0.302 e. The number of benzene rings is 1. The molecule has 122 valence electrons. The van der Waals surface area contributed by atoms with Crippen LogP contribution in [0, 0.1) is 10.1 Å². The molecule has 0 spiro atoms. The molecule has 22 heavy (non-hydrogen) atoms. The lowest BCUT2D eigenvalue weighted by atomic mass is 10.1. The first-order valence-corrected chi connectivity index (χ1v) is 8.78. The molecule has 0 bridgehead atoms. The van der Waals surface area contributed by atoms with Crippen molar-refractivity contribution in [2.75, 3.05) is 33.2 Å². The molecule has 7 nitrogen and oxygen atoms in total. The Morgan fingerprint density at radius 3 is 2.59 bits per heavy atom. The maximum Gasteiger partial charge on any atom is 0.270 e. The van der Waals surface area contributed by atoms with Gasteiger partial charge in [-0.15, -0.1) is 0 Å². The third-order valence-electron chi connectivity index (χ3n) is 3.92. The van der Waals surface area contributed by atoms with Crippen molar-refractivity contribution in [3.8, 4) is 0 Å². The number of sulfonamides is 1. The van der Waals surface area contributed by atoms with Crippen molar-refractivity contribution in [1.29, 1.82) is 0 Å². The Kier molecular flexibility index (Phi) is 5.49. The number of hydrogen-bond donors (Lipinski definition) is 0. The van der Waals surface area contributed by atoms with Crippen LogP contribution in [0.4, 0.5) is 5.69 Å². The first-order valence-electron chi connectivity index (χ1n) is 7.34. The molecule has 0 atom stereocenters. The Labute approximate surface area is 130 Å². The number of nitrogens with zero attached hydrogens (tertiary/aromatic N) is 3. The van der Waals surface area contributed by atoms with Gasteiger partial charge in [0.25, 0.3) is 5.69 Å². The van der Waals surface area contributed by atoms with E-state index in [0.29, 0.717) is 13.1 Å². The molecule has 1 aromatic carbocycles. The third-order valence-corrected chi connectivity index (χ3v) is 5.77. The summed E-state index contributed by atoms with van der Waals surface area (Å²) in [6, 6.07) is 5.17. The van der Waals surface area contributed by atoms with Crippen molar-refractivity contribution >= 4 is 15.7 Å². The van der Waals surface area contributed by atoms with Gasteiger partial charge >= 0.3 is 0 Å². The second-order valence-corrected chi connectivity index (χ2v) is 7.53. The maximum absolute atomic E-state index is 12.5. The van der Waals surface area contributed by atoms with Crippen LogP contribution in [0.5, 0.6) is 0 Å². The lowest BCUT2D eigenvalue weighted by Gasteiger charge is -2.28. The van der Waals surface area contributed by atoms with E-state index in [-0.39, 0.29) is 10.6 Å². The van der Waals surface area contributed by atoms with E-state index in [9.17, 15) is 18.5 Å². The Morgan fingerprint density at radius 2 is 1.95 bits per heavy atom. The molecule has 0 saturated carbocycles. The van der Waals surface area contributed by atoms with Crippen LogP contribution in [0.3, 0.4) is 0 Å². The molecule has 0 N–H and O–H groups in total. The van der Waals surface area contributed by atoms with Crippen molar-refractivity contribution in [1.82, 2.24) is 9.21 Å². The largest absolute Gasteiger partial charge is 0.302 e. The van der Waals surface area contributed by atoms with E-state index in [1.807, 2.05) is 0 Å². The highest BCUT2D eigenvalue weighted by molar-refractivity contribution is 7.89. The topological polar surface area (TPSA) is 83.8 Å². The molecule has 0 amide bonds. The first-order chi connectivity index (χ1) is 10.4. The summed E-state index contributed by atoms with van der Waals surface area (Å²) in [4.78, 5) is 12.4. The van der Waals surface area contributed by atoms with Crippen molar-refractivity contribution in [3.05, 3.63) is 34.4 Å². The highest BCUT2D eigenvalue weighted by atomic mass is 32.2. The Morgan fingerprint density at radius 1 is 1.27 bits per heavy atom. The number of hydrogen-bond acceptors (Lipinski definition) is 5. The van der Waals surface area contributed by atoms with Crippen molar-refractivity contribution in [2.24, 2.45) is 0 Å². The molecule has 1 saturated heterocycles. The number of likely N-dealkylation sites (tertiary alicyclic amines) is 1. The second kappa shape index (κ2) is 7.17. The fourth-order valence-electron chi connectivity index (χ4n) is 2.52. The van der Waals surface area contributed by atoms with Crippen molar-refractivity contribution in [3.63, 3.8) is 0 Å². The number of non-ortho nitro benzene ring substituents is 1. The zero-order valence-electron chi connectivity index (χ0n) is 12.6. The lowest BCUT2D eigenvalue weighted by molar-refractivity contribution is -0.385. The van der Waals surface area contributed by atoms with Gasteiger partial charge in [-0.3, -0.25) is 10.1 Å². The van der Waals surface area contributed by atoms with Crippen LogP contribution in [-0.4, -0.2) is 55.8 Å². The van der Waals surface area contributed by atoms with Crippen LogP contribution in [0.2, 0.25) is 0 Å². The molecule has 1 fully saturated rings. The maximum atomic E-state index is 12.5. The van der Waals surface area contributed by atoms with Crippen LogP contribution in [0.25, 0.3) is 0 Å². The van der Waals surface area contributed by atoms with E-state index < -0.39 is 14.9 Å². The average Bonchev–Trinajstić information content (AvgIpc) is 2.53. The molecule has 0 aliphatic carbocycles. The van der Waals surface area contributed by atoms with Gasteiger partial charge in [-0.1, -0.05) is 12.5 Å². The summed E-state index contributed by atoms with van der Waals surface area (Å²) in [5.41, 5.74) is -0.217. The van der Waals surface area contributed by atoms with Crippen LogP contribution in [-0.2, 0) is 10.0 Å². The zero-order chi connectivity index (χ0) is 16.2. The van der Waals surface area contributed by atoms with E-state index in [1.165, 1.54) is 36.0 Å². The van der Waals surface area contributed by atoms with Crippen LogP contribution < -0.4 is 0 Å². The Bertz CT molecular complexity index is 627. The van der Waals surface area contributed by atoms with Gasteiger partial charge in [0.1, 0.15) is 0 Å². The van der Waals surface area contributed by atoms with Gasteiger partial charge in [0, 0.05) is 32.3 Å². The van der Waals surface area contributed by atoms with Gasteiger partial charge in [-0.25, -0.2) is 8.42 Å². The van der Waals surface area contributed by atoms with E-state index in [1.54, 1.807) is 0 Å². The second-order valence-electron chi connectivity index (χ2n) is 5.48. The summed E-state index contributed by atoms with van der Waals surface area (Å²) in [5, 5.41) is 10.8. The number of nitro groups is 1. The minimum absolute atomic E-state index is 0.0390. The molecule has 1 aliphatic heterocycles. The summed E-state index contributed by atoms with van der Waals surface area (Å²) >= 11 is 0. The smallest absolute Gasteiger partial charge is 0.270 e. The van der Waals surface area contributed by atoms with E-state index in [4.69, 9.17) is 0 Å². The summed E-state index contributed by atoms with van der Waals surface area (Å²) in [5.74, 6) is 0. The van der Waals surface area contributed by atoms with Gasteiger partial charge in [0.15, 0.2) is 0 Å². The molecule has 0 radical (unpaired) electrons. The van der Waals surface area contributed by atoms with Gasteiger partial charge in [0.05, 0.1) is 9.82 Å². The summed E-state index contributed by atoms with van der Waals surface area (Å²) < 4.78 is 26.2. The van der Waals surface area contributed by atoms with Gasteiger partial charge in [-0.05, 0) is 32.0 Å². The standard InChI is InChI=1S/C14H21N3O4S/c1-15(10-11-16-8-3-2-4-9-16)22(20,21)14-7-5-6-13(12-14)17(18)19/h5-7,12H,2-4,8-11H2,1H3. The van der Waals surface area contributed by atoms with Gasteiger partial charge < -0.3 is 4.90 Å². The van der Waals surface area contributed by atoms with Gasteiger partial charge in [-0.2, -0.15) is 4.31 Å². The van der Waals surface area contributed by atoms with E-state index >= 15 is 0 Å². The molecule has 2 rings (SSSR count). The number of rotatable bonds is 6. The molecule has 1 aliphatic rings. The normalized spacial score (nSPS) is 16.8. The third kappa shape index (κ3) is 4.02. The number of piperidine rings is 1. The molecule has 1 aromatic rings. The predicted molar refractivity (Wildman–Crippen MR) is 83.2 cm³/mol. The molecule has 1 heterocycles. The average molecular weight is 327 g/mol. The summed E-state index contributed by atoms with van der Waals surface area (Å²) in [6.07, 6.45) is 3.54. The molecular weight excluding hydrogens is 306 g/mol. The van der Waals surface area contributed by atoms with Crippen LogP contribution >= 0.6 is 0 Å². The van der Waals surface area contributed by atoms with E-state index in [0.717, 1.165) is 32.0 Å². The summed E-state index contributed by atoms with van der Waals surface area (Å²) in [6.45, 7) is 3.07. The predicted octanol–water partition coefficient (Wildman–Crippen LogP) is 1.70. The first kappa shape index (κ1) is 16.9. The molecule has 8 heteroatoms. The fourth-order valence-corrected chi connectivity index (χ4v) is 3.73. The lowest BCUT2D eigenvalue weighted by Crippen LogP contribution is -2.38. The monoisotopic (exact) mass is 327 g/mol. The molecule has 0 unspecified atom stereocenters. The fraction of sp³-hybridized carbons (Fsp3) is 0.571.